The van der Waals surface area contributed by atoms with Crippen LogP contribution in [0.5, 0.6) is 34.5 Å². The van der Waals surface area contributed by atoms with Gasteiger partial charge in [0.05, 0.1) is 73.1 Å². The summed E-state index contributed by atoms with van der Waals surface area (Å²) in [7, 11) is -4.07. The molecular weight excluding hydrogens is 1740 g/mol. The average molecular weight is 1850 g/mol. The summed E-state index contributed by atoms with van der Waals surface area (Å²) in [6.45, 7) is 27.1. The van der Waals surface area contributed by atoms with Gasteiger partial charge in [-0.2, -0.15) is 0 Å². The van der Waals surface area contributed by atoms with Crippen LogP contribution >= 0.6 is 15.9 Å². The second-order valence-electron chi connectivity index (χ2n) is 33.2. The van der Waals surface area contributed by atoms with Gasteiger partial charge in [0, 0.05) is 112 Å². The number of hydrogen-bond donors (Lipinski definition) is 8. The van der Waals surface area contributed by atoms with Crippen LogP contribution in [0.1, 0.15) is 148 Å². The highest BCUT2D eigenvalue weighted by Gasteiger charge is 2.49. The summed E-state index contributed by atoms with van der Waals surface area (Å²) in [5, 5.41) is 20.4. The molecule has 3 fully saturated rings. The van der Waals surface area contributed by atoms with E-state index in [2.05, 4.69) is 135 Å². The van der Waals surface area contributed by atoms with Crippen molar-refractivity contribution in [2.75, 3.05) is 55.2 Å². The first kappa shape index (κ1) is 102. The molecule has 6 aromatic heterocycles. The fourth-order valence-corrected chi connectivity index (χ4v) is 14.6. The van der Waals surface area contributed by atoms with Crippen LogP contribution in [-0.2, 0) is 43.1 Å². The number of nitrogens with zero attached hydrogens (tertiary/aromatic N) is 5. The van der Waals surface area contributed by atoms with Crippen LogP contribution in [-0.4, -0.2) is 153 Å². The monoisotopic (exact) mass is 1850 g/mol. The Kier molecular flexibility index (Phi) is 35.7. The predicted octanol–water partition coefficient (Wildman–Crippen LogP) is 18.9. The minimum Gasteiger partial charge on any atom is -0.455 e. The molecule has 3 aromatic carbocycles. The number of rotatable bonds is 24. The highest BCUT2D eigenvalue weighted by atomic mass is 79.9. The number of pyridine rings is 6. The predicted molar refractivity (Wildman–Crippen MR) is 473 cm³/mol. The van der Waals surface area contributed by atoms with Crippen molar-refractivity contribution < 1.29 is 82.1 Å². The number of likely N-dealkylation sites (tertiary alicyclic amines) is 2. The Labute approximate surface area is 732 Å². The maximum atomic E-state index is 14.8. The Bertz CT molecular complexity index is 5200. The lowest BCUT2D eigenvalue weighted by atomic mass is 9.87. The molecule has 8 N–H and O–H groups in total. The van der Waals surface area contributed by atoms with Gasteiger partial charge in [-0.05, 0) is 165 Å². The van der Waals surface area contributed by atoms with Gasteiger partial charge in [-0.3, -0.25) is 38.6 Å². The van der Waals surface area contributed by atoms with E-state index in [0.717, 1.165) is 6.07 Å². The molecule has 0 saturated carbocycles. The van der Waals surface area contributed by atoms with Crippen molar-refractivity contribution >= 4 is 67.7 Å². The van der Waals surface area contributed by atoms with E-state index in [9.17, 15) is 73.4 Å². The summed E-state index contributed by atoms with van der Waals surface area (Å²) in [4.78, 5) is 94.0. The first-order chi connectivity index (χ1) is 57.7. The summed E-state index contributed by atoms with van der Waals surface area (Å²) < 4.78 is 157. The summed E-state index contributed by atoms with van der Waals surface area (Å²) in [6, 6.07) is 28.5. The van der Waals surface area contributed by atoms with Crippen LogP contribution in [0.15, 0.2) is 179 Å². The zero-order valence-corrected chi connectivity index (χ0v) is 74.1. The van der Waals surface area contributed by atoms with Crippen LogP contribution in [0.4, 0.5) is 57.0 Å². The molecule has 3 amide bonds. The van der Waals surface area contributed by atoms with E-state index in [1.165, 1.54) is 116 Å². The number of benzene rings is 3. The Morgan fingerprint density at radius 1 is 0.496 bits per heavy atom. The third-order valence-electron chi connectivity index (χ3n) is 22.3. The van der Waals surface area contributed by atoms with Gasteiger partial charge in [-0.1, -0.05) is 90.5 Å². The molecule has 9 aromatic rings. The molecular formula is C89H112BrF9N12O12Si2. The fourth-order valence-electron chi connectivity index (χ4n) is 12.5. The number of anilines is 3. The van der Waals surface area contributed by atoms with Crippen LogP contribution in [0, 0.1) is 17.5 Å². The molecule has 9 heterocycles. The van der Waals surface area contributed by atoms with Gasteiger partial charge in [0.2, 0.25) is 34.4 Å². The number of aliphatic hydroxyl groups excluding tert-OH is 1. The van der Waals surface area contributed by atoms with Crippen molar-refractivity contribution in [3.63, 3.8) is 0 Å². The molecule has 24 nitrogen and oxygen atoms in total. The highest BCUT2D eigenvalue weighted by Crippen LogP contribution is 2.45. The van der Waals surface area contributed by atoms with Gasteiger partial charge >= 0.3 is 0 Å². The molecule has 3 aliphatic heterocycles. The number of alkyl halides is 7. The lowest BCUT2D eigenvalue weighted by molar-refractivity contribution is -0.126. The fraction of sp³-hybridized carbons (Fsp3) is 0.427. The number of aliphatic hydroxyl groups is 1. The van der Waals surface area contributed by atoms with Gasteiger partial charge < -0.3 is 64.4 Å². The molecule has 36 heteroatoms. The Morgan fingerprint density at radius 2 is 0.824 bits per heavy atom. The lowest BCUT2D eigenvalue weighted by Gasteiger charge is -2.40. The van der Waals surface area contributed by atoms with E-state index < -0.39 is 107 Å². The molecule has 6 atom stereocenters. The van der Waals surface area contributed by atoms with Gasteiger partial charge in [-0.15, -0.1) is 0 Å². The smallest absolute Gasteiger partial charge is 0.257 e. The average Bonchev–Trinajstić information content (AvgIpc) is 0.792. The number of hydrogen-bond acceptors (Lipinski definition) is 18. The first-order valence-electron chi connectivity index (χ1n) is 39.8. The Hall–Kier alpha value is -10.2. The molecule has 0 unspecified atom stereocenters. The van der Waals surface area contributed by atoms with E-state index in [1.807, 2.05) is 0 Å². The van der Waals surface area contributed by atoms with Gasteiger partial charge in [0.1, 0.15) is 69.4 Å². The largest absolute Gasteiger partial charge is 0.455 e. The van der Waals surface area contributed by atoms with E-state index in [4.69, 9.17) is 23.1 Å². The maximum absolute atomic E-state index is 14.8. The van der Waals surface area contributed by atoms with Gasteiger partial charge in [-0.25, -0.2) is 54.5 Å². The summed E-state index contributed by atoms with van der Waals surface area (Å²) in [5.74, 6) is -10.7. The minimum absolute atomic E-state index is 0. The highest BCUT2D eigenvalue weighted by molar-refractivity contribution is 9.10. The zero-order chi connectivity index (χ0) is 90.2. The lowest BCUT2D eigenvalue weighted by Crippen LogP contribution is -2.52. The number of carbonyl (C=O) groups is 3. The van der Waals surface area contributed by atoms with Crippen molar-refractivity contribution in [1.29, 1.82) is 0 Å². The quantitative estimate of drug-likeness (QED) is 0.0158. The summed E-state index contributed by atoms with van der Waals surface area (Å²) in [5.41, 5.74) is 1.56. The molecule has 0 radical (unpaired) electrons. The van der Waals surface area contributed by atoms with Crippen LogP contribution < -0.4 is 52.2 Å². The normalized spacial score (nSPS) is 17.6. The first-order valence-corrected chi connectivity index (χ1v) is 46.5. The van der Waals surface area contributed by atoms with Crippen molar-refractivity contribution in [3.8, 4) is 34.5 Å². The van der Waals surface area contributed by atoms with Crippen LogP contribution in [0.2, 0.25) is 36.3 Å². The number of nitrogens with one attached hydrogen (secondary N) is 7. The number of halogens is 10. The van der Waals surface area contributed by atoms with Crippen molar-refractivity contribution in [3.05, 3.63) is 246 Å². The number of H-pyrrole nitrogens is 3. The van der Waals surface area contributed by atoms with Crippen LogP contribution in [0.3, 0.4) is 0 Å². The van der Waals surface area contributed by atoms with E-state index >= 15 is 0 Å². The van der Waals surface area contributed by atoms with Gasteiger partial charge in [0.15, 0.2) is 16.6 Å². The van der Waals surface area contributed by atoms with Crippen molar-refractivity contribution in [1.82, 2.24) is 45.0 Å². The van der Waals surface area contributed by atoms with E-state index in [0.29, 0.717) is 68.9 Å². The third kappa shape index (κ3) is 28.7. The van der Waals surface area contributed by atoms with Gasteiger partial charge in [0.25, 0.3) is 17.8 Å². The van der Waals surface area contributed by atoms with E-state index in [1.54, 1.807) is 73.0 Å². The zero-order valence-electron chi connectivity index (χ0n) is 70.5. The number of piperidine rings is 3. The molecule has 12 rings (SSSR count). The second-order valence-corrected chi connectivity index (χ2v) is 44.2. The van der Waals surface area contributed by atoms with E-state index in [-0.39, 0.29) is 133 Å². The molecule has 3 saturated heterocycles. The molecule has 0 bridgehead atoms. The summed E-state index contributed by atoms with van der Waals surface area (Å²) in [6.07, 6.45) is 7.29. The number of aromatic nitrogens is 6. The molecule has 125 heavy (non-hydrogen) atoms. The number of ether oxygens (including phenoxy) is 3. The Balaban J connectivity index is 0.000000239. The Morgan fingerprint density at radius 3 is 1.13 bits per heavy atom. The number of carbonyl (C=O) groups excluding carboxylic acids is 3. The van der Waals surface area contributed by atoms with Crippen LogP contribution in [0.25, 0.3) is 0 Å². The summed E-state index contributed by atoms with van der Waals surface area (Å²) >= 11 is 3.21. The van der Waals surface area contributed by atoms with Crippen molar-refractivity contribution in [2.45, 2.75) is 205 Å². The number of amides is 3. The third-order valence-corrected chi connectivity index (χ3v) is 31.7. The maximum Gasteiger partial charge on any atom is 0.257 e. The number of aromatic amines is 3. The molecule has 0 spiro atoms. The molecule has 678 valence electrons. The molecule has 3 aliphatic rings. The minimum atomic E-state index is -2.97. The topological polar surface area (TPSA) is 309 Å². The van der Waals surface area contributed by atoms with Crippen molar-refractivity contribution in [2.24, 2.45) is 0 Å². The standard InChI is InChI=1S/C31H39F3N4O4Si.C25H25F3N4O4.C21H28BrFN2O3Si.C10H12F2N2O.2CH4/c1-20(38-14-13-31(33,34)25(18-38)21-7-12-28(39)36-16-21)29(40)37-27-11-9-24(17-35-27)42-26-10-8-23(32)15-22(26)19-41-43(5,6)30(2,3)4;1-15(32-9-8-25(27,28)20(13-32)16-2-7-23(34)30-11-16)24(35)31-22-6-4-19(12-29-22)36-21-5-3-18(26)10-17(21)14-33;1-14(22)20(26)25-19-10-8-17(12-24-19)28-18-9-7-16(23)11-15(18)13-27-29(5,6)21(2,3)4;11-10(12)3-4-13-6-8(10)7-1-2-9(15)14-5-7;;/h7-12,15-17,20,25H,13-14,18-19H2,1-6H3,(H,36,39)(H,35,37,40);2-7,10-12,15,20,33H,8-9,13-14H2,1H3,(H,30,34)(H,29,31,35);7-12,14H,13H2,1-6H3,(H,24,25,26);1-2,5,8,13H,3-4,6H2,(H,14,15);2*1H4/t20-,25+;15-,20+;14-;8-;;/m0011../s1. The second kappa shape index (κ2) is 43.8. The SMILES string of the molecule is C.C.C[C@@H](Br)C(=O)Nc1ccc(Oc2ccc(F)cc2CO[Si](C)(C)C(C)(C)C)cn1.C[C@@H](C(=O)Nc1ccc(Oc2ccc(F)cc2CO)cn1)N1CCC(F)(F)[C@@H](c2ccc(=O)[nH]c2)C1.C[C@@H](C(=O)Nc1ccc(Oc2ccc(F)cc2CO[Si](C)(C)C(C)(C)C)cn1)N1CCC(F)(F)[C@@H](c2ccc(=O)[nH]c2)C1.O=c1ccc([C@H]2CNCCC2(F)F)c[nH]1. The molecule has 0 aliphatic carbocycles.